The average Bonchev–Trinajstić information content (AvgIpc) is 2.76. The molecular weight excluding hydrogens is 440 g/mol. The molecule has 0 atom stereocenters. The summed E-state index contributed by atoms with van der Waals surface area (Å²) >= 11 is 8.59. The van der Waals surface area contributed by atoms with Crippen molar-refractivity contribution in [2.45, 2.75) is 12.8 Å². The van der Waals surface area contributed by atoms with E-state index in [9.17, 15) is 0 Å². The van der Waals surface area contributed by atoms with Crippen LogP contribution in [0.5, 0.6) is 0 Å². The maximum Gasteiger partial charge on any atom is 0.180 e. The lowest BCUT2D eigenvalue weighted by molar-refractivity contribution is 0.318. The molecule has 0 aliphatic carbocycles. The van der Waals surface area contributed by atoms with Gasteiger partial charge in [-0.05, 0) is 56.0 Å². The Morgan fingerprint density at radius 3 is 2.61 bits per heavy atom. The van der Waals surface area contributed by atoms with Crippen molar-refractivity contribution < 1.29 is 0 Å². The minimum atomic E-state index is 0.697. The van der Waals surface area contributed by atoms with E-state index >= 15 is 0 Å². The van der Waals surface area contributed by atoms with E-state index in [4.69, 9.17) is 11.5 Å². The van der Waals surface area contributed by atoms with Gasteiger partial charge in [0.25, 0.3) is 0 Å². The Morgan fingerprint density at radius 1 is 1.17 bits per heavy atom. The standard InChI is InChI=1S/C16H18Br2N4S/c17-11-8-10(9-12(18)15(11)19)2-1-5-22-6-3-13-14(4-7-22)23-16(20)21-13/h1-2,8-9H,3-7,19H2,(H2,20,21). The molecule has 23 heavy (non-hydrogen) atoms. The molecule has 0 spiro atoms. The second-order valence-corrected chi connectivity index (χ2v) is 8.35. The fraction of sp³-hybridized carbons (Fsp3) is 0.312. The van der Waals surface area contributed by atoms with Crippen LogP contribution in [0.15, 0.2) is 27.2 Å². The zero-order chi connectivity index (χ0) is 16.4. The summed E-state index contributed by atoms with van der Waals surface area (Å²) in [6, 6.07) is 4.06. The zero-order valence-corrected chi connectivity index (χ0v) is 16.5. The molecule has 0 fully saturated rings. The molecule has 7 heteroatoms. The highest BCUT2D eigenvalue weighted by molar-refractivity contribution is 9.11. The van der Waals surface area contributed by atoms with Crippen molar-refractivity contribution in [1.29, 1.82) is 0 Å². The van der Waals surface area contributed by atoms with Crippen molar-refractivity contribution in [1.82, 2.24) is 9.88 Å². The van der Waals surface area contributed by atoms with E-state index in [1.165, 1.54) is 10.6 Å². The van der Waals surface area contributed by atoms with E-state index in [1.807, 2.05) is 12.1 Å². The molecule has 1 aliphatic heterocycles. The van der Waals surface area contributed by atoms with Gasteiger partial charge in [0.1, 0.15) is 0 Å². The normalized spacial score (nSPS) is 15.7. The van der Waals surface area contributed by atoms with Crippen molar-refractivity contribution in [3.05, 3.63) is 43.3 Å². The first-order chi connectivity index (χ1) is 11.0. The molecule has 4 nitrogen and oxygen atoms in total. The second kappa shape index (κ2) is 7.34. The molecule has 4 N–H and O–H groups in total. The lowest BCUT2D eigenvalue weighted by Gasteiger charge is -2.17. The highest BCUT2D eigenvalue weighted by Gasteiger charge is 2.16. The lowest BCUT2D eigenvalue weighted by atomic mass is 10.2. The Kier molecular flexibility index (Phi) is 5.41. The number of aromatic nitrogens is 1. The minimum Gasteiger partial charge on any atom is -0.397 e. The maximum absolute atomic E-state index is 5.92. The van der Waals surface area contributed by atoms with Gasteiger partial charge in [-0.15, -0.1) is 11.3 Å². The summed E-state index contributed by atoms with van der Waals surface area (Å²) in [5, 5.41) is 0.697. The van der Waals surface area contributed by atoms with Gasteiger partial charge in [0.15, 0.2) is 5.13 Å². The zero-order valence-electron chi connectivity index (χ0n) is 12.6. The molecule has 0 bridgehead atoms. The summed E-state index contributed by atoms with van der Waals surface area (Å²) in [5.74, 6) is 0. The molecule has 0 saturated carbocycles. The van der Waals surface area contributed by atoms with Gasteiger partial charge in [0.05, 0.1) is 11.4 Å². The molecule has 3 rings (SSSR count). The quantitative estimate of drug-likeness (QED) is 0.684. The molecular formula is C16H18Br2N4S. The fourth-order valence-corrected chi connectivity index (χ4v) is 4.74. The molecule has 2 aromatic rings. The van der Waals surface area contributed by atoms with E-state index < -0.39 is 0 Å². The van der Waals surface area contributed by atoms with E-state index in [0.717, 1.165) is 52.7 Å². The summed E-state index contributed by atoms with van der Waals surface area (Å²) < 4.78 is 1.82. The van der Waals surface area contributed by atoms with Gasteiger partial charge < -0.3 is 11.5 Å². The molecule has 0 unspecified atom stereocenters. The van der Waals surface area contributed by atoms with Crippen LogP contribution in [0.3, 0.4) is 0 Å². The van der Waals surface area contributed by atoms with Gasteiger partial charge in [0, 0.05) is 39.9 Å². The fourth-order valence-electron chi connectivity index (χ4n) is 2.65. The van der Waals surface area contributed by atoms with Crippen molar-refractivity contribution in [2.75, 3.05) is 31.1 Å². The predicted molar refractivity (Wildman–Crippen MR) is 106 cm³/mol. The van der Waals surface area contributed by atoms with Gasteiger partial charge in [0.2, 0.25) is 0 Å². The van der Waals surface area contributed by atoms with Crippen LogP contribution in [0.25, 0.3) is 6.08 Å². The number of nitrogens with two attached hydrogens (primary N) is 2. The van der Waals surface area contributed by atoms with Crippen LogP contribution in [-0.4, -0.2) is 29.5 Å². The number of halogens is 2. The number of anilines is 2. The van der Waals surface area contributed by atoms with Crippen LogP contribution >= 0.6 is 43.2 Å². The van der Waals surface area contributed by atoms with E-state index in [2.05, 4.69) is 53.9 Å². The summed E-state index contributed by atoms with van der Waals surface area (Å²) in [4.78, 5) is 8.22. The third-order valence-electron chi connectivity index (χ3n) is 3.89. The van der Waals surface area contributed by atoms with Gasteiger partial charge >= 0.3 is 0 Å². The van der Waals surface area contributed by atoms with Crippen molar-refractivity contribution in [2.24, 2.45) is 0 Å². The Bertz CT molecular complexity index is 693. The minimum absolute atomic E-state index is 0.697. The molecule has 122 valence electrons. The molecule has 0 amide bonds. The number of nitrogen functional groups attached to an aromatic ring is 2. The molecule has 1 aromatic carbocycles. The Labute approximate surface area is 156 Å². The van der Waals surface area contributed by atoms with Crippen LogP contribution in [0.1, 0.15) is 16.1 Å². The molecule has 1 aliphatic rings. The van der Waals surface area contributed by atoms with Crippen molar-refractivity contribution >= 4 is 60.1 Å². The van der Waals surface area contributed by atoms with Crippen LogP contribution in [-0.2, 0) is 12.8 Å². The van der Waals surface area contributed by atoms with E-state index in [0.29, 0.717) is 5.13 Å². The number of fused-ring (bicyclic) bond motifs is 1. The largest absolute Gasteiger partial charge is 0.397 e. The molecule has 0 radical (unpaired) electrons. The average molecular weight is 458 g/mol. The first-order valence-electron chi connectivity index (χ1n) is 7.40. The lowest BCUT2D eigenvalue weighted by Crippen LogP contribution is -2.26. The summed E-state index contributed by atoms with van der Waals surface area (Å²) in [5.41, 5.74) is 14.7. The van der Waals surface area contributed by atoms with Crippen LogP contribution in [0.2, 0.25) is 0 Å². The molecule has 0 saturated heterocycles. The highest BCUT2D eigenvalue weighted by atomic mass is 79.9. The number of benzene rings is 1. The topological polar surface area (TPSA) is 68.2 Å². The van der Waals surface area contributed by atoms with Crippen LogP contribution < -0.4 is 11.5 Å². The number of thiazole rings is 1. The van der Waals surface area contributed by atoms with Crippen molar-refractivity contribution in [3.63, 3.8) is 0 Å². The number of hydrogen-bond donors (Lipinski definition) is 2. The number of rotatable bonds is 3. The van der Waals surface area contributed by atoms with Crippen LogP contribution in [0, 0.1) is 0 Å². The monoisotopic (exact) mass is 456 g/mol. The van der Waals surface area contributed by atoms with Gasteiger partial charge in [-0.1, -0.05) is 12.2 Å². The first-order valence-corrected chi connectivity index (χ1v) is 9.80. The third kappa shape index (κ3) is 4.15. The highest BCUT2D eigenvalue weighted by Crippen LogP contribution is 2.30. The summed E-state index contributed by atoms with van der Waals surface area (Å²) in [6.07, 6.45) is 6.35. The smallest absolute Gasteiger partial charge is 0.180 e. The van der Waals surface area contributed by atoms with Gasteiger partial charge in [-0.3, -0.25) is 4.90 Å². The Hall–Kier alpha value is -0.890. The first kappa shape index (κ1) is 17.0. The molecule has 2 heterocycles. The van der Waals surface area contributed by atoms with Crippen LogP contribution in [0.4, 0.5) is 10.8 Å². The Balaban J connectivity index is 1.60. The maximum atomic E-state index is 5.92. The van der Waals surface area contributed by atoms with Gasteiger partial charge in [-0.2, -0.15) is 0 Å². The van der Waals surface area contributed by atoms with Crippen molar-refractivity contribution in [3.8, 4) is 0 Å². The Morgan fingerprint density at radius 2 is 1.87 bits per heavy atom. The summed E-state index contributed by atoms with van der Waals surface area (Å²) in [7, 11) is 0. The SMILES string of the molecule is Nc1nc2c(s1)CCN(CC=Cc1cc(Br)c(N)c(Br)c1)CC2. The van der Waals surface area contributed by atoms with Gasteiger partial charge in [-0.25, -0.2) is 4.98 Å². The molecule has 1 aromatic heterocycles. The second-order valence-electron chi connectivity index (χ2n) is 5.52. The summed E-state index contributed by atoms with van der Waals surface area (Å²) in [6.45, 7) is 3.01. The number of nitrogens with zero attached hydrogens (tertiary/aromatic N) is 2. The van der Waals surface area contributed by atoms with E-state index in [-0.39, 0.29) is 0 Å². The number of hydrogen-bond acceptors (Lipinski definition) is 5. The predicted octanol–water partition coefficient (Wildman–Crippen LogP) is 3.95. The van der Waals surface area contributed by atoms with E-state index in [1.54, 1.807) is 11.3 Å². The third-order valence-corrected chi connectivity index (χ3v) is 6.19.